The van der Waals surface area contributed by atoms with Crippen molar-refractivity contribution in [1.82, 2.24) is 0 Å². The molecule has 0 bridgehead atoms. The summed E-state index contributed by atoms with van der Waals surface area (Å²) >= 11 is 0. The number of nitrogens with zero attached hydrogens (tertiary/aromatic N) is 1. The molecule has 1 amide bonds. The Labute approximate surface area is 198 Å². The van der Waals surface area contributed by atoms with E-state index in [2.05, 4.69) is 0 Å². The smallest absolute Gasteiger partial charge is 0.258 e. The molecule has 0 atom stereocenters. The minimum Gasteiger partial charge on any atom is -0.384 e. The summed E-state index contributed by atoms with van der Waals surface area (Å²) in [4.78, 5) is 15.4. The second kappa shape index (κ2) is 9.76. The summed E-state index contributed by atoms with van der Waals surface area (Å²) in [6, 6.07) is 20.4. The highest BCUT2D eigenvalue weighted by molar-refractivity contribution is 7.89. The van der Waals surface area contributed by atoms with E-state index in [1.807, 2.05) is 0 Å². The van der Waals surface area contributed by atoms with Gasteiger partial charge in [-0.1, -0.05) is 42.5 Å². The Balaban J connectivity index is 1.73. The van der Waals surface area contributed by atoms with Crippen molar-refractivity contribution in [2.24, 2.45) is 10.9 Å². The number of hydrogen-bond donors (Lipinski definition) is 3. The molecule has 0 saturated carbocycles. The predicted molar refractivity (Wildman–Crippen MR) is 131 cm³/mol. The van der Waals surface area contributed by atoms with Crippen LogP contribution in [0.3, 0.4) is 0 Å². The van der Waals surface area contributed by atoms with Crippen LogP contribution in [-0.2, 0) is 14.8 Å². The first-order valence-electron chi connectivity index (χ1n) is 10.8. The maximum atomic E-state index is 13.6. The average molecular weight is 479 g/mol. The van der Waals surface area contributed by atoms with Crippen molar-refractivity contribution >= 4 is 27.5 Å². The van der Waals surface area contributed by atoms with Crippen molar-refractivity contribution in [3.05, 3.63) is 83.9 Å². The van der Waals surface area contributed by atoms with Crippen molar-refractivity contribution < 1.29 is 17.9 Å². The van der Waals surface area contributed by atoms with E-state index in [1.54, 1.807) is 71.6 Å². The fourth-order valence-electron chi connectivity index (χ4n) is 4.15. The average Bonchev–Trinajstić information content (AvgIpc) is 2.85. The Hall–Kier alpha value is -3.53. The van der Waals surface area contributed by atoms with Gasteiger partial charge in [-0.25, -0.2) is 13.6 Å². The highest BCUT2D eigenvalue weighted by Crippen LogP contribution is 2.31. The van der Waals surface area contributed by atoms with Gasteiger partial charge in [0.05, 0.1) is 4.90 Å². The number of primary sulfonamides is 1. The normalized spacial score (nSPS) is 14.5. The van der Waals surface area contributed by atoms with Crippen LogP contribution in [0.25, 0.3) is 11.1 Å². The molecule has 34 heavy (non-hydrogen) atoms. The molecule has 1 heterocycles. The van der Waals surface area contributed by atoms with Crippen LogP contribution in [0.15, 0.2) is 77.7 Å². The molecule has 8 nitrogen and oxygen atoms in total. The van der Waals surface area contributed by atoms with Gasteiger partial charge in [-0.05, 0) is 48.7 Å². The molecular formula is C25H26N4O4S. The van der Waals surface area contributed by atoms with E-state index in [9.17, 15) is 13.2 Å². The zero-order valence-electron chi connectivity index (χ0n) is 18.5. The van der Waals surface area contributed by atoms with E-state index in [1.165, 1.54) is 6.07 Å². The molecule has 176 valence electrons. The molecule has 5 N–H and O–H groups in total. The number of nitrogens with one attached hydrogen (secondary N) is 1. The lowest BCUT2D eigenvalue weighted by molar-refractivity contribution is 0.0772. The van der Waals surface area contributed by atoms with Gasteiger partial charge in [0, 0.05) is 41.6 Å². The van der Waals surface area contributed by atoms with Crippen molar-refractivity contribution in [2.75, 3.05) is 18.1 Å². The molecule has 1 aliphatic heterocycles. The Kier molecular flexibility index (Phi) is 6.78. The Morgan fingerprint density at radius 2 is 1.59 bits per heavy atom. The third-order valence-electron chi connectivity index (χ3n) is 5.85. The van der Waals surface area contributed by atoms with Gasteiger partial charge in [0.15, 0.2) is 0 Å². The molecule has 1 saturated heterocycles. The first kappa shape index (κ1) is 23.6. The SMILES string of the molecule is N=C(N)c1cccc(C(=O)N(c2ccc(-c3ccccc3S(N)(=O)=O)cc2)C2CCOCC2)c1. The molecule has 4 rings (SSSR count). The quantitative estimate of drug-likeness (QED) is 0.369. The molecule has 9 heteroatoms. The fourth-order valence-corrected chi connectivity index (χ4v) is 4.91. The molecule has 1 fully saturated rings. The van der Waals surface area contributed by atoms with E-state index < -0.39 is 10.0 Å². The number of carbonyl (C=O) groups excluding carboxylic acids is 1. The molecule has 3 aromatic carbocycles. The summed E-state index contributed by atoms with van der Waals surface area (Å²) in [6.07, 6.45) is 1.38. The number of rotatable bonds is 6. The fraction of sp³-hybridized carbons (Fsp3) is 0.200. The predicted octanol–water partition coefficient (Wildman–Crippen LogP) is 3.11. The number of hydrogen-bond acceptors (Lipinski definition) is 5. The largest absolute Gasteiger partial charge is 0.384 e. The summed E-state index contributed by atoms with van der Waals surface area (Å²) in [5.74, 6) is -0.308. The summed E-state index contributed by atoms with van der Waals surface area (Å²) < 4.78 is 29.5. The molecule has 0 unspecified atom stereocenters. The van der Waals surface area contributed by atoms with Crippen molar-refractivity contribution in [1.29, 1.82) is 5.41 Å². The third kappa shape index (κ3) is 5.01. The van der Waals surface area contributed by atoms with Crippen LogP contribution in [-0.4, -0.2) is 39.4 Å². The maximum Gasteiger partial charge on any atom is 0.258 e. The lowest BCUT2D eigenvalue weighted by atomic mass is 10.0. The second-order valence-electron chi connectivity index (χ2n) is 8.10. The van der Waals surface area contributed by atoms with Gasteiger partial charge in [0.2, 0.25) is 10.0 Å². The number of anilines is 1. The minimum atomic E-state index is -3.89. The van der Waals surface area contributed by atoms with Gasteiger partial charge >= 0.3 is 0 Å². The first-order chi connectivity index (χ1) is 16.3. The highest BCUT2D eigenvalue weighted by atomic mass is 32.2. The van der Waals surface area contributed by atoms with Crippen LogP contribution in [0.2, 0.25) is 0 Å². The number of ether oxygens (including phenoxy) is 1. The van der Waals surface area contributed by atoms with Gasteiger partial charge in [0.1, 0.15) is 5.84 Å². The number of amides is 1. The van der Waals surface area contributed by atoms with Crippen molar-refractivity contribution in [3.8, 4) is 11.1 Å². The topological polar surface area (TPSA) is 140 Å². The number of benzene rings is 3. The molecule has 1 aliphatic rings. The van der Waals surface area contributed by atoms with Gasteiger partial charge in [0.25, 0.3) is 5.91 Å². The number of sulfonamides is 1. The zero-order chi connectivity index (χ0) is 24.3. The van der Waals surface area contributed by atoms with Gasteiger partial charge < -0.3 is 15.4 Å². The van der Waals surface area contributed by atoms with Crippen LogP contribution < -0.4 is 15.8 Å². The van der Waals surface area contributed by atoms with Crippen LogP contribution in [0.5, 0.6) is 0 Å². The Morgan fingerprint density at radius 1 is 0.941 bits per heavy atom. The van der Waals surface area contributed by atoms with Crippen LogP contribution >= 0.6 is 0 Å². The van der Waals surface area contributed by atoms with Gasteiger partial charge in [-0.3, -0.25) is 10.2 Å². The number of amidine groups is 1. The third-order valence-corrected chi connectivity index (χ3v) is 6.81. The van der Waals surface area contributed by atoms with Crippen LogP contribution in [0.4, 0.5) is 5.69 Å². The van der Waals surface area contributed by atoms with Gasteiger partial charge in [-0.2, -0.15) is 0 Å². The first-order valence-corrected chi connectivity index (χ1v) is 12.4. The summed E-state index contributed by atoms with van der Waals surface area (Å²) in [5.41, 5.74) is 8.38. The van der Waals surface area contributed by atoms with E-state index in [0.717, 1.165) is 0 Å². The van der Waals surface area contributed by atoms with Crippen molar-refractivity contribution in [3.63, 3.8) is 0 Å². The number of nitrogens with two attached hydrogens (primary N) is 2. The zero-order valence-corrected chi connectivity index (χ0v) is 19.3. The standard InChI is InChI=1S/C25H26N4O4S/c26-24(27)18-4-3-5-19(16-18)25(30)29(21-12-14-33-15-13-21)20-10-8-17(9-11-20)22-6-1-2-7-23(22)34(28,31)32/h1-11,16,21H,12-15H2,(H3,26,27)(H2,28,31,32). The monoisotopic (exact) mass is 478 g/mol. The molecule has 0 aliphatic carbocycles. The van der Waals surface area contributed by atoms with Crippen molar-refractivity contribution in [2.45, 2.75) is 23.8 Å². The summed E-state index contributed by atoms with van der Waals surface area (Å²) in [6.45, 7) is 1.11. The second-order valence-corrected chi connectivity index (χ2v) is 9.63. The van der Waals surface area contributed by atoms with E-state index in [0.29, 0.717) is 54.0 Å². The minimum absolute atomic E-state index is 0.0427. The highest BCUT2D eigenvalue weighted by Gasteiger charge is 2.28. The maximum absolute atomic E-state index is 13.6. The summed E-state index contributed by atoms with van der Waals surface area (Å²) in [5, 5.41) is 13.1. The van der Waals surface area contributed by atoms with E-state index in [-0.39, 0.29) is 22.7 Å². The van der Waals surface area contributed by atoms with Crippen LogP contribution in [0.1, 0.15) is 28.8 Å². The lowest BCUT2D eigenvalue weighted by Crippen LogP contribution is -2.43. The van der Waals surface area contributed by atoms with E-state index in [4.69, 9.17) is 21.0 Å². The molecule has 3 aromatic rings. The molecular weight excluding hydrogens is 452 g/mol. The molecule has 0 radical (unpaired) electrons. The molecule has 0 aromatic heterocycles. The Bertz CT molecular complexity index is 1320. The lowest BCUT2D eigenvalue weighted by Gasteiger charge is -2.34. The van der Waals surface area contributed by atoms with Crippen LogP contribution in [0, 0.1) is 5.41 Å². The molecule has 0 spiro atoms. The number of carbonyl (C=O) groups is 1. The summed E-state index contributed by atoms with van der Waals surface area (Å²) in [7, 11) is -3.89. The van der Waals surface area contributed by atoms with Gasteiger partial charge in [-0.15, -0.1) is 0 Å². The number of nitrogen functional groups attached to an aromatic ring is 1. The van der Waals surface area contributed by atoms with E-state index >= 15 is 0 Å². The Morgan fingerprint density at radius 3 is 2.24 bits per heavy atom.